The third-order valence-electron chi connectivity index (χ3n) is 5.85. The van der Waals surface area contributed by atoms with Gasteiger partial charge >= 0.3 is 0 Å². The summed E-state index contributed by atoms with van der Waals surface area (Å²) in [5.41, 5.74) is 3.53. The quantitative estimate of drug-likeness (QED) is 0.661. The highest BCUT2D eigenvalue weighted by atomic mass is 19.3. The van der Waals surface area contributed by atoms with Crippen LogP contribution >= 0.6 is 0 Å². The van der Waals surface area contributed by atoms with Crippen LogP contribution in [0.25, 0.3) is 16.3 Å². The van der Waals surface area contributed by atoms with Crippen molar-refractivity contribution in [3.8, 4) is 0 Å². The summed E-state index contributed by atoms with van der Waals surface area (Å²) in [5.74, 6) is -1.49. The van der Waals surface area contributed by atoms with Gasteiger partial charge in [0.05, 0.1) is 6.54 Å². The minimum absolute atomic E-state index is 0.158. The molecular weight excluding hydrogens is 382 g/mol. The van der Waals surface area contributed by atoms with Gasteiger partial charge in [-0.2, -0.15) is 0 Å². The van der Waals surface area contributed by atoms with E-state index in [2.05, 4.69) is 45.6 Å². The topological polar surface area (TPSA) is 40.5 Å². The van der Waals surface area contributed by atoms with Crippen molar-refractivity contribution >= 4 is 28.4 Å². The molecule has 0 aliphatic carbocycles. The van der Waals surface area contributed by atoms with E-state index in [9.17, 15) is 8.78 Å². The Morgan fingerprint density at radius 1 is 1.23 bits per heavy atom. The molecule has 0 radical (unpaired) electrons. The fourth-order valence-electron chi connectivity index (χ4n) is 4.30. The molecule has 4 nitrogen and oxygen atoms in total. The van der Waals surface area contributed by atoms with Crippen molar-refractivity contribution in [2.24, 2.45) is 10.9 Å². The molecule has 2 aromatic rings. The molecule has 6 heteroatoms. The van der Waals surface area contributed by atoms with Gasteiger partial charge in [0.1, 0.15) is 5.82 Å². The summed E-state index contributed by atoms with van der Waals surface area (Å²) >= 11 is 0. The van der Waals surface area contributed by atoms with Crippen LogP contribution in [-0.2, 0) is 0 Å². The number of hydrogen-bond acceptors (Lipinski definition) is 4. The third kappa shape index (κ3) is 4.93. The molecule has 0 unspecified atom stereocenters. The number of fused-ring (bicyclic) bond motifs is 1. The number of anilines is 1. The molecule has 0 spiro atoms. The predicted molar refractivity (Wildman–Crippen MR) is 120 cm³/mol. The number of nitrogens with one attached hydrogen (secondary N) is 1. The zero-order valence-corrected chi connectivity index (χ0v) is 17.5. The highest BCUT2D eigenvalue weighted by Gasteiger charge is 2.29. The number of halogens is 2. The lowest BCUT2D eigenvalue weighted by molar-refractivity contribution is -0.0210. The Labute approximate surface area is 176 Å². The maximum Gasteiger partial charge on any atom is 0.257 e. The zero-order chi connectivity index (χ0) is 21.1. The van der Waals surface area contributed by atoms with E-state index in [0.29, 0.717) is 19.0 Å². The number of nitrogens with zero attached hydrogens (tertiary/aromatic N) is 3. The number of pyridine rings is 1. The minimum atomic E-state index is -2.64. The molecule has 1 fully saturated rings. The van der Waals surface area contributed by atoms with E-state index in [4.69, 9.17) is 0 Å². The van der Waals surface area contributed by atoms with Gasteiger partial charge in [0.25, 0.3) is 5.92 Å². The van der Waals surface area contributed by atoms with Crippen LogP contribution in [0.15, 0.2) is 53.4 Å². The number of benzene rings is 1. The van der Waals surface area contributed by atoms with Crippen molar-refractivity contribution in [2.45, 2.75) is 39.0 Å². The molecule has 1 aromatic heterocycles. The first-order valence-electron chi connectivity index (χ1n) is 10.6. The molecule has 2 aliphatic heterocycles. The average Bonchev–Trinajstić information content (AvgIpc) is 3.26. The van der Waals surface area contributed by atoms with Crippen molar-refractivity contribution in [2.75, 3.05) is 25.0 Å². The summed E-state index contributed by atoms with van der Waals surface area (Å²) in [6.07, 6.45) is 10.4. The predicted octanol–water partition coefficient (Wildman–Crippen LogP) is 5.73. The number of hydrogen-bond donors (Lipinski definition) is 1. The number of alkyl halides is 2. The summed E-state index contributed by atoms with van der Waals surface area (Å²) in [7, 11) is 0. The SMILES string of the molecule is C/C=C(/Nc1cc2cc(C3=CN=CC3)ccc2cn1)C1CCN(CC(C)(F)F)CC1. The van der Waals surface area contributed by atoms with Crippen LogP contribution < -0.4 is 5.32 Å². The first kappa shape index (κ1) is 20.7. The van der Waals surface area contributed by atoms with Gasteiger partial charge in [-0.1, -0.05) is 18.2 Å². The number of aromatic nitrogens is 1. The largest absolute Gasteiger partial charge is 0.344 e. The first-order chi connectivity index (χ1) is 14.4. The molecule has 3 heterocycles. The highest BCUT2D eigenvalue weighted by Crippen LogP contribution is 2.29. The first-order valence-corrected chi connectivity index (χ1v) is 10.6. The van der Waals surface area contributed by atoms with Crippen LogP contribution in [0.1, 0.15) is 38.7 Å². The van der Waals surface area contributed by atoms with E-state index < -0.39 is 5.92 Å². The van der Waals surface area contributed by atoms with E-state index in [0.717, 1.165) is 48.5 Å². The highest BCUT2D eigenvalue weighted by molar-refractivity contribution is 5.91. The fraction of sp³-hybridized carbons (Fsp3) is 0.417. The Balaban J connectivity index is 1.44. The molecule has 158 valence electrons. The van der Waals surface area contributed by atoms with Crippen LogP contribution in [0.3, 0.4) is 0 Å². The Kier molecular flexibility index (Phi) is 5.95. The Morgan fingerprint density at radius 3 is 2.70 bits per heavy atom. The minimum Gasteiger partial charge on any atom is -0.344 e. The van der Waals surface area contributed by atoms with Gasteiger partial charge in [-0.15, -0.1) is 0 Å². The van der Waals surface area contributed by atoms with Crippen molar-refractivity contribution in [3.63, 3.8) is 0 Å². The van der Waals surface area contributed by atoms with Crippen molar-refractivity contribution in [3.05, 3.63) is 54.0 Å². The standard InChI is InChI=1S/C24H28F2N4/c1-3-22(17-7-10-30(11-8-17)16-24(2,25)26)29-23-13-21-12-18(20-6-9-27-14-20)4-5-19(21)15-28-23/h3-5,9,12-15,17H,6-8,10-11,16H2,1-2H3,(H,28,29)/b22-3+. The maximum absolute atomic E-state index is 13.3. The molecule has 1 aromatic carbocycles. The molecule has 0 bridgehead atoms. The Morgan fingerprint density at radius 2 is 2.03 bits per heavy atom. The Bertz CT molecular complexity index is 996. The van der Waals surface area contributed by atoms with Crippen LogP contribution in [-0.4, -0.2) is 41.7 Å². The summed E-state index contributed by atoms with van der Waals surface area (Å²) in [4.78, 5) is 10.6. The second-order valence-corrected chi connectivity index (χ2v) is 8.31. The number of piperidine rings is 1. The van der Waals surface area contributed by atoms with Gasteiger partial charge in [0.2, 0.25) is 0 Å². The Hall–Kier alpha value is -2.60. The molecule has 0 saturated carbocycles. The van der Waals surface area contributed by atoms with Crippen LogP contribution in [0.2, 0.25) is 0 Å². The van der Waals surface area contributed by atoms with Gasteiger partial charge in [-0.05, 0) is 61.5 Å². The van der Waals surface area contributed by atoms with Crippen molar-refractivity contribution in [1.82, 2.24) is 9.88 Å². The molecule has 2 aliphatic rings. The molecule has 0 atom stereocenters. The maximum atomic E-state index is 13.3. The molecule has 1 saturated heterocycles. The molecular formula is C24H28F2N4. The lowest BCUT2D eigenvalue weighted by atomic mass is 9.92. The average molecular weight is 411 g/mol. The molecule has 4 rings (SSSR count). The second kappa shape index (κ2) is 8.64. The fourth-order valence-corrected chi connectivity index (χ4v) is 4.30. The molecule has 0 amide bonds. The number of rotatable bonds is 6. The van der Waals surface area contributed by atoms with Crippen LogP contribution in [0, 0.1) is 5.92 Å². The van der Waals surface area contributed by atoms with E-state index in [1.54, 1.807) is 0 Å². The van der Waals surface area contributed by atoms with Crippen LogP contribution in [0.4, 0.5) is 14.6 Å². The van der Waals surface area contributed by atoms with E-state index in [-0.39, 0.29) is 6.54 Å². The number of allylic oxidation sites excluding steroid dienone is 3. The molecule has 1 N–H and O–H groups in total. The second-order valence-electron chi connectivity index (χ2n) is 8.31. The monoisotopic (exact) mass is 410 g/mol. The van der Waals surface area contributed by atoms with Gasteiger partial charge in [-0.25, -0.2) is 13.8 Å². The normalized spacial score (nSPS) is 18.8. The van der Waals surface area contributed by atoms with Gasteiger partial charge in [0.15, 0.2) is 0 Å². The van der Waals surface area contributed by atoms with E-state index in [1.165, 1.54) is 11.1 Å². The van der Waals surface area contributed by atoms with E-state index in [1.807, 2.05) is 30.4 Å². The zero-order valence-electron chi connectivity index (χ0n) is 17.5. The molecule has 30 heavy (non-hydrogen) atoms. The number of likely N-dealkylation sites (tertiary alicyclic amines) is 1. The lowest BCUT2D eigenvalue weighted by Gasteiger charge is -2.34. The van der Waals surface area contributed by atoms with Crippen LogP contribution in [0.5, 0.6) is 0 Å². The van der Waals surface area contributed by atoms with Gasteiger partial charge in [0, 0.05) is 49.0 Å². The van der Waals surface area contributed by atoms with Crippen molar-refractivity contribution < 1.29 is 8.78 Å². The van der Waals surface area contributed by atoms with Crippen molar-refractivity contribution in [1.29, 1.82) is 0 Å². The summed E-state index contributed by atoms with van der Waals surface area (Å²) in [6.45, 7) is 4.23. The summed E-state index contributed by atoms with van der Waals surface area (Å²) in [6, 6.07) is 8.46. The smallest absolute Gasteiger partial charge is 0.257 e. The summed E-state index contributed by atoms with van der Waals surface area (Å²) in [5, 5.41) is 5.72. The van der Waals surface area contributed by atoms with E-state index >= 15 is 0 Å². The van der Waals surface area contributed by atoms with Gasteiger partial charge < -0.3 is 5.32 Å². The summed E-state index contributed by atoms with van der Waals surface area (Å²) < 4.78 is 26.6. The third-order valence-corrected chi connectivity index (χ3v) is 5.85. The van der Waals surface area contributed by atoms with Gasteiger partial charge in [-0.3, -0.25) is 9.89 Å². The lowest BCUT2D eigenvalue weighted by Crippen LogP contribution is -2.41. The number of aliphatic imine (C=N–C) groups is 1.